The average molecular weight is 303 g/mol. The van der Waals surface area contributed by atoms with E-state index in [1.54, 1.807) is 0 Å². The van der Waals surface area contributed by atoms with Gasteiger partial charge in [-0.3, -0.25) is 0 Å². The average Bonchev–Trinajstić information content (AvgIpc) is 2.91. The third kappa shape index (κ3) is 3.67. The summed E-state index contributed by atoms with van der Waals surface area (Å²) in [7, 11) is 0. The van der Waals surface area contributed by atoms with E-state index in [0.717, 1.165) is 17.1 Å². The molecule has 2 aromatic rings. The Morgan fingerprint density at radius 3 is 2.75 bits per heavy atom. The van der Waals surface area contributed by atoms with Gasteiger partial charge in [0.2, 0.25) is 5.95 Å². The SMILES string of the molecule is OCCC(Nc1nccc(C(F)(F)F)n1)c1cccs1. The first-order valence-electron chi connectivity index (χ1n) is 5.81. The van der Waals surface area contributed by atoms with Crippen LogP contribution in [-0.2, 0) is 6.18 Å². The molecule has 2 N–H and O–H groups in total. The van der Waals surface area contributed by atoms with Gasteiger partial charge in [-0.1, -0.05) is 6.07 Å². The number of halogens is 3. The number of alkyl halides is 3. The normalized spacial score (nSPS) is 13.2. The fourth-order valence-electron chi connectivity index (χ4n) is 1.65. The van der Waals surface area contributed by atoms with Crippen molar-refractivity contribution >= 4 is 17.3 Å². The van der Waals surface area contributed by atoms with Gasteiger partial charge in [0.05, 0.1) is 6.04 Å². The molecule has 0 aliphatic rings. The molecule has 20 heavy (non-hydrogen) atoms. The molecule has 0 aliphatic heterocycles. The molecule has 2 rings (SSSR count). The van der Waals surface area contributed by atoms with Gasteiger partial charge in [-0.2, -0.15) is 13.2 Å². The Morgan fingerprint density at radius 1 is 1.35 bits per heavy atom. The van der Waals surface area contributed by atoms with Crippen LogP contribution in [0.4, 0.5) is 19.1 Å². The van der Waals surface area contributed by atoms with E-state index in [9.17, 15) is 13.2 Å². The molecule has 0 fully saturated rings. The van der Waals surface area contributed by atoms with Gasteiger partial charge in [0.25, 0.3) is 0 Å². The predicted molar refractivity (Wildman–Crippen MR) is 69.4 cm³/mol. The summed E-state index contributed by atoms with van der Waals surface area (Å²) in [4.78, 5) is 8.14. The lowest BCUT2D eigenvalue weighted by atomic mass is 10.2. The first-order valence-corrected chi connectivity index (χ1v) is 6.69. The molecule has 0 amide bonds. The molecule has 0 spiro atoms. The molecule has 4 nitrogen and oxygen atoms in total. The molecule has 2 aromatic heterocycles. The minimum Gasteiger partial charge on any atom is -0.396 e. The highest BCUT2D eigenvalue weighted by molar-refractivity contribution is 7.10. The van der Waals surface area contributed by atoms with Gasteiger partial charge in [0, 0.05) is 17.7 Å². The van der Waals surface area contributed by atoms with Crippen LogP contribution in [0.25, 0.3) is 0 Å². The summed E-state index contributed by atoms with van der Waals surface area (Å²) in [6, 6.07) is 4.17. The van der Waals surface area contributed by atoms with Crippen molar-refractivity contribution in [3.05, 3.63) is 40.3 Å². The number of nitrogens with one attached hydrogen (secondary N) is 1. The van der Waals surface area contributed by atoms with E-state index in [-0.39, 0.29) is 18.6 Å². The van der Waals surface area contributed by atoms with Gasteiger partial charge in [-0.05, 0) is 23.9 Å². The molecule has 0 saturated heterocycles. The van der Waals surface area contributed by atoms with Crippen LogP contribution in [0, 0.1) is 0 Å². The number of aliphatic hydroxyl groups is 1. The Labute approximate surface area is 117 Å². The number of aliphatic hydroxyl groups excluding tert-OH is 1. The van der Waals surface area contributed by atoms with Gasteiger partial charge in [-0.15, -0.1) is 11.3 Å². The van der Waals surface area contributed by atoms with E-state index in [1.165, 1.54) is 11.3 Å². The number of rotatable bonds is 5. The highest BCUT2D eigenvalue weighted by Crippen LogP contribution is 2.29. The second-order valence-corrected chi connectivity index (χ2v) is 4.97. The largest absolute Gasteiger partial charge is 0.433 e. The lowest BCUT2D eigenvalue weighted by Gasteiger charge is -2.17. The van der Waals surface area contributed by atoms with Crippen molar-refractivity contribution in [3.63, 3.8) is 0 Å². The number of hydrogen-bond acceptors (Lipinski definition) is 5. The Kier molecular flexibility index (Phi) is 4.56. The summed E-state index contributed by atoms with van der Waals surface area (Å²) in [5, 5.41) is 13.7. The highest BCUT2D eigenvalue weighted by Gasteiger charge is 2.33. The Bertz CT molecular complexity index is 545. The molecule has 0 saturated carbocycles. The van der Waals surface area contributed by atoms with Gasteiger partial charge >= 0.3 is 6.18 Å². The van der Waals surface area contributed by atoms with Crippen molar-refractivity contribution in [3.8, 4) is 0 Å². The summed E-state index contributed by atoms with van der Waals surface area (Å²) < 4.78 is 37.7. The van der Waals surface area contributed by atoms with Crippen molar-refractivity contribution in [2.45, 2.75) is 18.6 Å². The highest BCUT2D eigenvalue weighted by atomic mass is 32.1. The monoisotopic (exact) mass is 303 g/mol. The second-order valence-electron chi connectivity index (χ2n) is 3.99. The fraction of sp³-hybridized carbons (Fsp3) is 0.333. The van der Waals surface area contributed by atoms with Crippen molar-refractivity contribution in [1.82, 2.24) is 9.97 Å². The summed E-state index contributed by atoms with van der Waals surface area (Å²) in [5.41, 5.74) is -0.996. The maximum atomic E-state index is 12.6. The van der Waals surface area contributed by atoms with Crippen LogP contribution in [0.2, 0.25) is 0 Å². The van der Waals surface area contributed by atoms with Gasteiger partial charge < -0.3 is 10.4 Å². The molecule has 1 unspecified atom stereocenters. The Morgan fingerprint density at radius 2 is 2.15 bits per heavy atom. The zero-order chi connectivity index (χ0) is 14.6. The molecule has 1 atom stereocenters. The molecule has 0 radical (unpaired) electrons. The smallest absolute Gasteiger partial charge is 0.396 e. The molecule has 8 heteroatoms. The van der Waals surface area contributed by atoms with Crippen LogP contribution in [-0.4, -0.2) is 21.7 Å². The van der Waals surface area contributed by atoms with E-state index < -0.39 is 11.9 Å². The topological polar surface area (TPSA) is 58.0 Å². The van der Waals surface area contributed by atoms with Crippen molar-refractivity contribution in [2.75, 3.05) is 11.9 Å². The summed E-state index contributed by atoms with van der Waals surface area (Å²) in [5.74, 6) is -0.105. The maximum Gasteiger partial charge on any atom is 0.433 e. The zero-order valence-corrected chi connectivity index (χ0v) is 11.1. The van der Waals surface area contributed by atoms with E-state index in [0.29, 0.717) is 6.42 Å². The standard InChI is InChI=1S/C12H12F3N3OS/c13-12(14,15)10-3-5-16-11(18-10)17-8(4-6-19)9-2-1-7-20-9/h1-3,5,7-8,19H,4,6H2,(H,16,17,18). The minimum atomic E-state index is -4.51. The predicted octanol–water partition coefficient (Wildman–Crippen LogP) is 3.09. The van der Waals surface area contributed by atoms with Gasteiger partial charge in [-0.25, -0.2) is 9.97 Å². The summed E-state index contributed by atoms with van der Waals surface area (Å²) in [6.45, 7) is -0.0888. The van der Waals surface area contributed by atoms with E-state index >= 15 is 0 Å². The second kappa shape index (κ2) is 6.19. The Hall–Kier alpha value is -1.67. The minimum absolute atomic E-state index is 0.0888. The number of nitrogens with zero attached hydrogens (tertiary/aromatic N) is 2. The van der Waals surface area contributed by atoms with Gasteiger partial charge in [0.15, 0.2) is 0 Å². The Balaban J connectivity index is 2.19. The molecule has 0 aliphatic carbocycles. The van der Waals surface area contributed by atoms with Gasteiger partial charge in [0.1, 0.15) is 5.69 Å². The molecule has 0 aromatic carbocycles. The van der Waals surface area contributed by atoms with Crippen LogP contribution in [0.1, 0.15) is 23.0 Å². The van der Waals surface area contributed by atoms with Crippen LogP contribution in [0.3, 0.4) is 0 Å². The maximum absolute atomic E-state index is 12.6. The number of hydrogen-bond donors (Lipinski definition) is 2. The molecular formula is C12H12F3N3OS. The third-order valence-corrected chi connectivity index (χ3v) is 3.54. The van der Waals surface area contributed by atoms with Crippen LogP contribution in [0.5, 0.6) is 0 Å². The molecule has 0 bridgehead atoms. The lowest BCUT2D eigenvalue weighted by Crippen LogP contribution is -2.16. The van der Waals surface area contributed by atoms with Crippen molar-refractivity contribution in [1.29, 1.82) is 0 Å². The van der Waals surface area contributed by atoms with E-state index in [1.807, 2.05) is 17.5 Å². The number of thiophene rings is 1. The van der Waals surface area contributed by atoms with E-state index in [4.69, 9.17) is 5.11 Å². The lowest BCUT2D eigenvalue weighted by molar-refractivity contribution is -0.141. The summed E-state index contributed by atoms with van der Waals surface area (Å²) in [6.07, 6.45) is -3.09. The quantitative estimate of drug-likeness (QED) is 0.891. The molecular weight excluding hydrogens is 291 g/mol. The van der Waals surface area contributed by atoms with E-state index in [2.05, 4.69) is 15.3 Å². The zero-order valence-electron chi connectivity index (χ0n) is 10.3. The fourth-order valence-corrected chi connectivity index (χ4v) is 2.46. The molecule has 108 valence electrons. The van der Waals surface area contributed by atoms with Crippen LogP contribution < -0.4 is 5.32 Å². The van der Waals surface area contributed by atoms with Crippen molar-refractivity contribution < 1.29 is 18.3 Å². The number of aromatic nitrogens is 2. The summed E-state index contributed by atoms with van der Waals surface area (Å²) >= 11 is 1.45. The van der Waals surface area contributed by atoms with Crippen LogP contribution >= 0.6 is 11.3 Å². The van der Waals surface area contributed by atoms with Crippen LogP contribution in [0.15, 0.2) is 29.8 Å². The molecule has 2 heterocycles. The van der Waals surface area contributed by atoms with Crippen molar-refractivity contribution in [2.24, 2.45) is 0 Å². The third-order valence-electron chi connectivity index (χ3n) is 2.55. The first kappa shape index (κ1) is 14.7. The first-order chi connectivity index (χ1) is 9.50. The number of anilines is 1.